The molecule has 2 atom stereocenters. The van der Waals surface area contributed by atoms with E-state index in [9.17, 15) is 14.0 Å². The summed E-state index contributed by atoms with van der Waals surface area (Å²) < 4.78 is 17.4. The van der Waals surface area contributed by atoms with Gasteiger partial charge in [0, 0.05) is 87.6 Å². The fourth-order valence-corrected chi connectivity index (χ4v) is 5.18. The molecule has 0 aliphatic carbocycles. The van der Waals surface area contributed by atoms with Gasteiger partial charge in [-0.1, -0.05) is 12.1 Å². The van der Waals surface area contributed by atoms with Crippen molar-refractivity contribution < 1.29 is 14.0 Å². The third kappa shape index (κ3) is 7.61. The van der Waals surface area contributed by atoms with Gasteiger partial charge in [-0.2, -0.15) is 20.7 Å². The summed E-state index contributed by atoms with van der Waals surface area (Å²) >= 11 is 0. The molecule has 5 heterocycles. The number of hydrogen-bond acceptors (Lipinski definition) is 9. The van der Waals surface area contributed by atoms with Crippen LogP contribution >= 0.6 is 0 Å². The second-order valence-electron chi connectivity index (χ2n) is 10.9. The van der Waals surface area contributed by atoms with E-state index in [-0.39, 0.29) is 23.6 Å². The molecule has 0 spiro atoms. The van der Waals surface area contributed by atoms with Gasteiger partial charge in [0.25, 0.3) is 11.8 Å². The van der Waals surface area contributed by atoms with Crippen molar-refractivity contribution in [2.24, 2.45) is 14.1 Å². The molecule has 230 valence electrons. The average Bonchev–Trinajstić information content (AvgIpc) is 3.86. The molecule has 3 aromatic heterocycles. The van der Waals surface area contributed by atoms with E-state index in [0.29, 0.717) is 38.3 Å². The van der Waals surface area contributed by atoms with E-state index in [2.05, 4.69) is 32.0 Å². The summed E-state index contributed by atoms with van der Waals surface area (Å²) in [5.74, 6) is -1.23. The third-order valence-electron chi connectivity index (χ3n) is 7.61. The molecular weight excluding hydrogens is 577 g/mol. The second-order valence-corrected chi connectivity index (χ2v) is 10.9. The molecule has 2 fully saturated rings. The molecule has 14 heteroatoms. The topological polar surface area (TPSA) is 161 Å². The lowest BCUT2D eigenvalue weighted by molar-refractivity contribution is 0.0925. The lowest BCUT2D eigenvalue weighted by Crippen LogP contribution is -2.36. The molecule has 2 saturated heterocycles. The van der Waals surface area contributed by atoms with Gasteiger partial charge in [-0.05, 0) is 36.6 Å². The van der Waals surface area contributed by atoms with Crippen molar-refractivity contribution >= 4 is 11.8 Å². The Morgan fingerprint density at radius 1 is 0.800 bits per heavy atom. The molecule has 45 heavy (non-hydrogen) atoms. The number of amides is 2. The van der Waals surface area contributed by atoms with Crippen molar-refractivity contribution in [2.45, 2.75) is 24.9 Å². The summed E-state index contributed by atoms with van der Waals surface area (Å²) in [5, 5.41) is 31.6. The van der Waals surface area contributed by atoms with Crippen LogP contribution in [0.2, 0.25) is 0 Å². The predicted molar refractivity (Wildman–Crippen MR) is 161 cm³/mol. The molecule has 2 aliphatic rings. The van der Waals surface area contributed by atoms with Crippen molar-refractivity contribution in [1.82, 2.24) is 45.0 Å². The van der Waals surface area contributed by atoms with Gasteiger partial charge >= 0.3 is 0 Å². The number of hydrogen-bond donors (Lipinski definition) is 2. The molecule has 0 unspecified atom stereocenters. The van der Waals surface area contributed by atoms with Crippen molar-refractivity contribution in [3.63, 3.8) is 0 Å². The summed E-state index contributed by atoms with van der Waals surface area (Å²) in [6.07, 6.45) is 14.4. The Labute approximate surface area is 259 Å². The number of carbonyl (C=O) groups excluding carboxylic acids is 2. The van der Waals surface area contributed by atoms with Crippen LogP contribution in [0.1, 0.15) is 33.7 Å². The highest BCUT2D eigenvalue weighted by molar-refractivity contribution is 5.96. The van der Waals surface area contributed by atoms with Crippen LogP contribution in [-0.4, -0.2) is 84.4 Å². The fourth-order valence-electron chi connectivity index (χ4n) is 5.18. The van der Waals surface area contributed by atoms with Crippen LogP contribution in [0.3, 0.4) is 0 Å². The summed E-state index contributed by atoms with van der Waals surface area (Å²) in [6, 6.07) is 7.86. The molecule has 2 N–H and O–H groups in total. The monoisotopic (exact) mass is 609 g/mol. The number of nitriles is 2. The molecular formula is C31H32FN11O2. The first kappa shape index (κ1) is 30.7. The van der Waals surface area contributed by atoms with Gasteiger partial charge in [0.05, 0.1) is 18.0 Å². The molecule has 0 radical (unpaired) electrons. The zero-order valence-electron chi connectivity index (χ0n) is 24.9. The highest BCUT2D eigenvalue weighted by Crippen LogP contribution is 2.22. The van der Waals surface area contributed by atoms with Gasteiger partial charge < -0.3 is 20.4 Å². The summed E-state index contributed by atoms with van der Waals surface area (Å²) in [5.41, 5.74) is 3.81. The van der Waals surface area contributed by atoms with E-state index < -0.39 is 11.7 Å². The number of nitrogens with one attached hydrogen (secondary N) is 2. The first-order valence-electron chi connectivity index (χ1n) is 14.4. The van der Waals surface area contributed by atoms with Crippen LogP contribution in [0.5, 0.6) is 0 Å². The quantitative estimate of drug-likeness (QED) is 0.313. The SMILES string of the molecule is Cn1cc(-c2ccc(C(=O)N[C@@H]3CCN(C#N)C3)nc2)cn1.Cn1cc(-c2ccc(F)c(C(=O)N[C@@H]3CCN(C#N)C3)c2)cn1. The lowest BCUT2D eigenvalue weighted by atomic mass is 10.0. The largest absolute Gasteiger partial charge is 0.347 e. The number of benzene rings is 1. The Bertz CT molecular complexity index is 1750. The minimum absolute atomic E-state index is 0.00163. The van der Waals surface area contributed by atoms with E-state index in [1.807, 2.05) is 25.5 Å². The number of carbonyl (C=O) groups is 2. The van der Waals surface area contributed by atoms with Crippen molar-refractivity contribution in [1.29, 1.82) is 10.5 Å². The predicted octanol–water partition coefficient (Wildman–Crippen LogP) is 2.28. The number of halogens is 1. The molecule has 4 aromatic rings. The van der Waals surface area contributed by atoms with Gasteiger partial charge in [-0.15, -0.1) is 0 Å². The normalized spacial score (nSPS) is 17.2. The van der Waals surface area contributed by atoms with Crippen molar-refractivity contribution in [2.75, 3.05) is 26.2 Å². The second kappa shape index (κ2) is 13.7. The maximum atomic E-state index is 14.0. The minimum Gasteiger partial charge on any atom is -0.347 e. The number of nitrogens with zero attached hydrogens (tertiary/aromatic N) is 9. The standard InChI is InChI=1S/C16H16FN5O.C15H16N6O/c1-21-8-12(7-19-21)11-2-3-15(17)14(6-11)16(23)20-13-4-5-22(9-13)10-18;1-20-8-12(7-18-20)11-2-3-14(17-6-11)15(22)19-13-4-5-21(9-13)10-16/h2-3,6-8,13H,4-5,9H2,1H3,(H,20,23);2-3,6-8,13H,4-5,9H2,1H3,(H,19,22)/t2*13-/m11/s1. The molecule has 0 saturated carbocycles. The van der Waals surface area contributed by atoms with E-state index in [4.69, 9.17) is 10.5 Å². The summed E-state index contributed by atoms with van der Waals surface area (Å²) in [4.78, 5) is 31.9. The first-order chi connectivity index (χ1) is 21.7. The van der Waals surface area contributed by atoms with Crippen molar-refractivity contribution in [3.8, 4) is 34.6 Å². The first-order valence-corrected chi connectivity index (χ1v) is 14.4. The third-order valence-corrected chi connectivity index (χ3v) is 7.61. The van der Waals surface area contributed by atoms with Crippen LogP contribution < -0.4 is 10.6 Å². The van der Waals surface area contributed by atoms with E-state index in [1.165, 1.54) is 12.1 Å². The zero-order chi connectivity index (χ0) is 31.9. The summed E-state index contributed by atoms with van der Waals surface area (Å²) in [6.45, 7) is 2.33. The molecule has 2 aliphatic heterocycles. The molecule has 13 nitrogen and oxygen atoms in total. The zero-order valence-corrected chi connectivity index (χ0v) is 24.9. The number of pyridine rings is 1. The van der Waals surface area contributed by atoms with Gasteiger partial charge in [-0.25, -0.2) is 4.39 Å². The molecule has 6 rings (SSSR count). The van der Waals surface area contributed by atoms with E-state index >= 15 is 0 Å². The maximum Gasteiger partial charge on any atom is 0.270 e. The number of rotatable bonds is 6. The minimum atomic E-state index is -0.565. The Kier molecular flexibility index (Phi) is 9.34. The average molecular weight is 610 g/mol. The maximum absolute atomic E-state index is 14.0. The van der Waals surface area contributed by atoms with Gasteiger partial charge in [0.15, 0.2) is 12.4 Å². The van der Waals surface area contributed by atoms with Crippen LogP contribution in [0, 0.1) is 28.7 Å². The molecule has 1 aromatic carbocycles. The number of likely N-dealkylation sites (tertiary alicyclic amines) is 2. The Hall–Kier alpha value is -5.76. The molecule has 0 bridgehead atoms. The fraction of sp³-hybridized carbons (Fsp3) is 0.323. The lowest BCUT2D eigenvalue weighted by Gasteiger charge is -2.13. The molecule has 2 amide bonds. The number of aromatic nitrogens is 5. The number of aryl methyl sites for hydroxylation is 2. The smallest absolute Gasteiger partial charge is 0.270 e. The van der Waals surface area contributed by atoms with Crippen LogP contribution in [0.15, 0.2) is 61.3 Å². The van der Waals surface area contributed by atoms with Crippen LogP contribution in [0.4, 0.5) is 4.39 Å². The van der Waals surface area contributed by atoms with E-state index in [1.54, 1.807) is 63.1 Å². The van der Waals surface area contributed by atoms with Crippen molar-refractivity contribution in [3.05, 3.63) is 78.4 Å². The summed E-state index contributed by atoms with van der Waals surface area (Å²) in [7, 11) is 3.65. The Balaban J connectivity index is 0.000000178. The highest BCUT2D eigenvalue weighted by Gasteiger charge is 2.25. The van der Waals surface area contributed by atoms with E-state index in [0.717, 1.165) is 28.7 Å². The highest BCUT2D eigenvalue weighted by atomic mass is 19.1. The van der Waals surface area contributed by atoms with Crippen LogP contribution in [0.25, 0.3) is 22.3 Å². The van der Waals surface area contributed by atoms with Gasteiger partial charge in [0.2, 0.25) is 0 Å². The van der Waals surface area contributed by atoms with Crippen LogP contribution in [-0.2, 0) is 14.1 Å². The Morgan fingerprint density at radius 3 is 1.84 bits per heavy atom. The van der Waals surface area contributed by atoms with Gasteiger partial charge in [-0.3, -0.25) is 23.9 Å². The Morgan fingerprint density at radius 2 is 1.36 bits per heavy atom. The van der Waals surface area contributed by atoms with Gasteiger partial charge in [0.1, 0.15) is 11.5 Å².